The molecular weight excluding hydrogens is 415 g/mol. The fourth-order valence-electron chi connectivity index (χ4n) is 3.94. The number of anilines is 3. The van der Waals surface area contributed by atoms with Gasteiger partial charge in [-0.15, -0.1) is 0 Å². The molecule has 0 bridgehead atoms. The second-order valence-electron chi connectivity index (χ2n) is 7.88. The minimum Gasteiger partial charge on any atom is -0.337 e. The summed E-state index contributed by atoms with van der Waals surface area (Å²) in [5, 5.41) is 7.76. The summed E-state index contributed by atoms with van der Waals surface area (Å²) in [5.41, 5.74) is 0.942. The Labute approximate surface area is 186 Å². The van der Waals surface area contributed by atoms with Gasteiger partial charge < -0.3 is 15.5 Å². The number of nitrogens with one attached hydrogen (secondary N) is 2. The van der Waals surface area contributed by atoms with Gasteiger partial charge in [0.05, 0.1) is 10.7 Å². The Morgan fingerprint density at radius 1 is 1.13 bits per heavy atom. The van der Waals surface area contributed by atoms with Crippen LogP contribution in [0.4, 0.5) is 21.6 Å². The van der Waals surface area contributed by atoms with E-state index in [0.717, 1.165) is 36.8 Å². The number of rotatable bonds is 7. The smallest absolute Gasteiger partial charge is 0.224 e. The highest BCUT2D eigenvalue weighted by Gasteiger charge is 2.12. The number of nitrogens with zero attached hydrogens (tertiary/aromatic N) is 2. The number of likely N-dealkylation sites (tertiary alicyclic amines) is 1. The van der Waals surface area contributed by atoms with Gasteiger partial charge in [0, 0.05) is 23.7 Å². The molecule has 1 fully saturated rings. The van der Waals surface area contributed by atoms with Crippen molar-refractivity contribution in [2.45, 2.75) is 32.1 Å². The summed E-state index contributed by atoms with van der Waals surface area (Å²) in [7, 11) is 0. The lowest BCUT2D eigenvalue weighted by Gasteiger charge is -2.26. The molecule has 2 N–H and O–H groups in total. The molecule has 3 aromatic rings. The van der Waals surface area contributed by atoms with Crippen LogP contribution in [0.5, 0.6) is 0 Å². The molecule has 1 amide bonds. The number of benzene rings is 2. The summed E-state index contributed by atoms with van der Waals surface area (Å²) in [6, 6.07) is 12.3. The van der Waals surface area contributed by atoms with Crippen molar-refractivity contribution in [2.75, 3.05) is 30.3 Å². The maximum Gasteiger partial charge on any atom is 0.224 e. The average Bonchev–Trinajstić information content (AvgIpc) is 2.78. The molecule has 0 unspecified atom stereocenters. The second-order valence-corrected chi connectivity index (χ2v) is 8.28. The van der Waals surface area contributed by atoms with Gasteiger partial charge >= 0.3 is 0 Å². The van der Waals surface area contributed by atoms with Gasteiger partial charge in [0.1, 0.15) is 5.82 Å². The molecule has 1 aliphatic rings. The van der Waals surface area contributed by atoms with Crippen LogP contribution in [0.3, 0.4) is 0 Å². The highest BCUT2D eigenvalue weighted by Crippen LogP contribution is 2.30. The third-order valence-corrected chi connectivity index (χ3v) is 5.87. The van der Waals surface area contributed by atoms with E-state index < -0.39 is 5.82 Å². The summed E-state index contributed by atoms with van der Waals surface area (Å²) in [4.78, 5) is 19.2. The van der Waals surface area contributed by atoms with Crippen LogP contribution >= 0.6 is 11.6 Å². The van der Waals surface area contributed by atoms with Crippen molar-refractivity contribution in [2.24, 2.45) is 0 Å². The minimum absolute atomic E-state index is 0.00403. The molecule has 1 aromatic heterocycles. The molecule has 2 heterocycles. The van der Waals surface area contributed by atoms with E-state index in [1.165, 1.54) is 25.3 Å². The third kappa shape index (κ3) is 5.51. The zero-order chi connectivity index (χ0) is 21.6. The van der Waals surface area contributed by atoms with Gasteiger partial charge in [-0.1, -0.05) is 30.2 Å². The molecule has 31 heavy (non-hydrogen) atoms. The van der Waals surface area contributed by atoms with Crippen molar-refractivity contribution in [3.05, 3.63) is 59.5 Å². The van der Waals surface area contributed by atoms with Crippen molar-refractivity contribution >= 4 is 45.5 Å². The number of amides is 1. The van der Waals surface area contributed by atoms with Crippen LogP contribution in [0.1, 0.15) is 32.1 Å². The van der Waals surface area contributed by atoms with Gasteiger partial charge in [-0.2, -0.15) is 0 Å². The first-order chi connectivity index (χ1) is 15.1. The SMILES string of the molecule is O=C(CCCN1CCCCC1)Nc1ccc2ccnc(Nc3cccc(Cl)c3F)c2c1. The first-order valence-corrected chi connectivity index (χ1v) is 11.1. The lowest BCUT2D eigenvalue weighted by molar-refractivity contribution is -0.116. The van der Waals surface area contributed by atoms with Gasteiger partial charge in [0.25, 0.3) is 0 Å². The summed E-state index contributed by atoms with van der Waals surface area (Å²) in [6.45, 7) is 3.25. The van der Waals surface area contributed by atoms with Crippen LogP contribution in [0.25, 0.3) is 10.8 Å². The largest absolute Gasteiger partial charge is 0.337 e. The van der Waals surface area contributed by atoms with E-state index in [0.29, 0.717) is 17.9 Å². The molecule has 0 radical (unpaired) electrons. The molecule has 4 rings (SSSR count). The van der Waals surface area contributed by atoms with Gasteiger partial charge in [0.2, 0.25) is 5.91 Å². The number of fused-ring (bicyclic) bond motifs is 1. The van der Waals surface area contributed by atoms with E-state index in [2.05, 4.69) is 20.5 Å². The van der Waals surface area contributed by atoms with Crippen molar-refractivity contribution in [1.29, 1.82) is 0 Å². The summed E-state index contributed by atoms with van der Waals surface area (Å²) in [5.74, 6) is -0.0309. The third-order valence-electron chi connectivity index (χ3n) is 5.58. The van der Waals surface area contributed by atoms with E-state index in [1.54, 1.807) is 18.3 Å². The van der Waals surface area contributed by atoms with Gasteiger partial charge in [-0.25, -0.2) is 9.37 Å². The fraction of sp³-hybridized carbons (Fsp3) is 0.333. The molecule has 162 valence electrons. The Balaban J connectivity index is 1.43. The Morgan fingerprint density at radius 2 is 1.97 bits per heavy atom. The van der Waals surface area contributed by atoms with Gasteiger partial charge in [-0.05, 0) is 74.6 Å². The topological polar surface area (TPSA) is 57.3 Å². The van der Waals surface area contributed by atoms with Crippen LogP contribution in [-0.4, -0.2) is 35.4 Å². The standard InChI is InChI=1S/C24H26ClFN4O/c25-20-6-4-7-21(23(20)26)29-24-19-16-18(10-9-17(19)11-12-27-24)28-22(31)8-5-15-30-13-2-1-3-14-30/h4,6-7,9-12,16H,1-3,5,8,13-15H2,(H,27,29)(H,28,31). The van der Waals surface area contributed by atoms with E-state index in [-0.39, 0.29) is 16.6 Å². The maximum atomic E-state index is 14.3. The molecule has 0 spiro atoms. The monoisotopic (exact) mass is 440 g/mol. The van der Waals surface area contributed by atoms with Crippen molar-refractivity contribution in [3.8, 4) is 0 Å². The number of halogens is 2. The quantitative estimate of drug-likeness (QED) is 0.474. The highest BCUT2D eigenvalue weighted by molar-refractivity contribution is 6.31. The molecule has 0 saturated carbocycles. The van der Waals surface area contributed by atoms with Crippen molar-refractivity contribution < 1.29 is 9.18 Å². The van der Waals surface area contributed by atoms with Crippen LogP contribution < -0.4 is 10.6 Å². The number of hydrogen-bond acceptors (Lipinski definition) is 4. The number of carbonyl (C=O) groups excluding carboxylic acids is 1. The number of carbonyl (C=O) groups is 1. The predicted molar refractivity (Wildman–Crippen MR) is 125 cm³/mol. The molecule has 5 nitrogen and oxygen atoms in total. The molecule has 2 aromatic carbocycles. The molecule has 0 aliphatic carbocycles. The Morgan fingerprint density at radius 3 is 2.81 bits per heavy atom. The predicted octanol–water partition coefficient (Wildman–Crippen LogP) is 5.98. The van der Waals surface area contributed by atoms with Crippen molar-refractivity contribution in [3.63, 3.8) is 0 Å². The van der Waals surface area contributed by atoms with E-state index >= 15 is 0 Å². The molecule has 7 heteroatoms. The lowest BCUT2D eigenvalue weighted by Crippen LogP contribution is -2.31. The number of pyridine rings is 1. The number of piperidine rings is 1. The van der Waals surface area contributed by atoms with E-state index in [4.69, 9.17) is 11.6 Å². The summed E-state index contributed by atoms with van der Waals surface area (Å²) < 4.78 is 14.3. The fourth-order valence-corrected chi connectivity index (χ4v) is 4.12. The highest BCUT2D eigenvalue weighted by atomic mass is 35.5. The second kappa shape index (κ2) is 10.1. The Hall–Kier alpha value is -2.70. The van der Waals surface area contributed by atoms with Crippen LogP contribution in [0.2, 0.25) is 5.02 Å². The van der Waals surface area contributed by atoms with Crippen LogP contribution in [0, 0.1) is 5.82 Å². The van der Waals surface area contributed by atoms with Crippen LogP contribution in [0.15, 0.2) is 48.7 Å². The minimum atomic E-state index is -0.527. The molecule has 1 aliphatic heterocycles. The first kappa shape index (κ1) is 21.5. The summed E-state index contributed by atoms with van der Waals surface area (Å²) in [6.07, 6.45) is 6.82. The molecular formula is C24H26ClFN4O. The summed E-state index contributed by atoms with van der Waals surface area (Å²) >= 11 is 5.89. The maximum absolute atomic E-state index is 14.3. The lowest BCUT2D eigenvalue weighted by atomic mass is 10.1. The molecule has 1 saturated heterocycles. The number of aromatic nitrogens is 1. The first-order valence-electron chi connectivity index (χ1n) is 10.7. The number of hydrogen-bond donors (Lipinski definition) is 2. The van der Waals surface area contributed by atoms with E-state index in [1.807, 2.05) is 24.3 Å². The van der Waals surface area contributed by atoms with Crippen molar-refractivity contribution in [1.82, 2.24) is 9.88 Å². The zero-order valence-electron chi connectivity index (χ0n) is 17.3. The molecule has 0 atom stereocenters. The van der Waals surface area contributed by atoms with Gasteiger partial charge in [0.15, 0.2) is 5.82 Å². The van der Waals surface area contributed by atoms with Gasteiger partial charge in [-0.3, -0.25) is 4.79 Å². The zero-order valence-corrected chi connectivity index (χ0v) is 18.1. The van der Waals surface area contributed by atoms with Crippen LogP contribution in [-0.2, 0) is 4.79 Å². The normalized spacial score (nSPS) is 14.5. The Kier molecular flexibility index (Phi) is 6.99. The average molecular weight is 441 g/mol. The Bertz CT molecular complexity index is 1070. The van der Waals surface area contributed by atoms with E-state index in [9.17, 15) is 9.18 Å².